The third kappa shape index (κ3) is 4.03. The lowest BCUT2D eigenvalue weighted by Crippen LogP contribution is -2.49. The van der Waals surface area contributed by atoms with E-state index in [0.717, 1.165) is 24.5 Å². The molecular formula is C15H21N3O4. The summed E-state index contributed by atoms with van der Waals surface area (Å²) in [4.78, 5) is 26.7. The van der Waals surface area contributed by atoms with Crippen LogP contribution in [0.1, 0.15) is 0 Å². The monoisotopic (exact) mass is 307 g/mol. The minimum absolute atomic E-state index is 0.242. The Balaban J connectivity index is 1.81. The first-order valence-electron chi connectivity index (χ1n) is 7.15. The van der Waals surface area contributed by atoms with Crippen molar-refractivity contribution in [1.82, 2.24) is 10.2 Å². The molecule has 7 nitrogen and oxygen atoms in total. The molecule has 7 heteroatoms. The molecule has 0 saturated carbocycles. The van der Waals surface area contributed by atoms with E-state index in [4.69, 9.17) is 9.47 Å². The van der Waals surface area contributed by atoms with Gasteiger partial charge in [-0.3, -0.25) is 4.79 Å². The van der Waals surface area contributed by atoms with Gasteiger partial charge in [-0.15, -0.1) is 0 Å². The molecule has 1 aromatic rings. The lowest BCUT2D eigenvalue weighted by molar-refractivity contribution is -0.123. The number of hydrogen-bond donors (Lipinski definition) is 1. The number of benzene rings is 1. The highest BCUT2D eigenvalue weighted by Crippen LogP contribution is 2.20. The Labute approximate surface area is 129 Å². The Kier molecular flexibility index (Phi) is 5.46. The minimum Gasteiger partial charge on any atom is -0.497 e. The van der Waals surface area contributed by atoms with Crippen molar-refractivity contribution in [2.45, 2.75) is 0 Å². The van der Waals surface area contributed by atoms with Gasteiger partial charge in [0.2, 0.25) is 0 Å². The fourth-order valence-corrected chi connectivity index (χ4v) is 2.23. The number of nitrogens with zero attached hydrogens (tertiary/aromatic N) is 2. The van der Waals surface area contributed by atoms with Crippen LogP contribution in [0.25, 0.3) is 0 Å². The molecule has 22 heavy (non-hydrogen) atoms. The highest BCUT2D eigenvalue weighted by atomic mass is 16.6. The summed E-state index contributed by atoms with van der Waals surface area (Å²) in [5.41, 5.74) is 1.10. The molecule has 0 spiro atoms. The van der Waals surface area contributed by atoms with E-state index in [1.807, 2.05) is 24.3 Å². The molecule has 2 rings (SSSR count). The molecular weight excluding hydrogens is 286 g/mol. The van der Waals surface area contributed by atoms with Crippen LogP contribution >= 0.6 is 0 Å². The number of ether oxygens (including phenoxy) is 2. The zero-order chi connectivity index (χ0) is 15.9. The van der Waals surface area contributed by atoms with Gasteiger partial charge < -0.3 is 24.6 Å². The minimum atomic E-state index is -0.446. The van der Waals surface area contributed by atoms with Crippen LogP contribution in [0.4, 0.5) is 10.5 Å². The van der Waals surface area contributed by atoms with Gasteiger partial charge in [0.15, 0.2) is 6.61 Å². The molecule has 1 fully saturated rings. The van der Waals surface area contributed by atoms with Crippen molar-refractivity contribution in [3.05, 3.63) is 24.3 Å². The summed E-state index contributed by atoms with van der Waals surface area (Å²) >= 11 is 0. The summed E-state index contributed by atoms with van der Waals surface area (Å²) in [6, 6.07) is 7.83. The number of piperazine rings is 1. The summed E-state index contributed by atoms with van der Waals surface area (Å²) in [7, 11) is 3.14. The molecule has 0 atom stereocenters. The van der Waals surface area contributed by atoms with Gasteiger partial charge in [0, 0.05) is 38.9 Å². The molecule has 1 aliphatic heterocycles. The van der Waals surface area contributed by atoms with E-state index in [1.165, 1.54) is 7.05 Å². The maximum absolute atomic E-state index is 11.8. The molecule has 0 aromatic heterocycles. The Hall–Kier alpha value is -2.44. The summed E-state index contributed by atoms with van der Waals surface area (Å²) in [5, 5.41) is 2.41. The molecule has 120 valence electrons. The molecule has 0 unspecified atom stereocenters. The molecule has 0 aliphatic carbocycles. The average Bonchev–Trinajstić information content (AvgIpc) is 2.59. The van der Waals surface area contributed by atoms with Crippen LogP contribution in [0.5, 0.6) is 5.75 Å². The number of carbonyl (C=O) groups is 2. The number of hydrogen-bond acceptors (Lipinski definition) is 5. The van der Waals surface area contributed by atoms with E-state index in [2.05, 4.69) is 10.2 Å². The first-order chi connectivity index (χ1) is 10.6. The first-order valence-corrected chi connectivity index (χ1v) is 7.15. The van der Waals surface area contributed by atoms with E-state index in [-0.39, 0.29) is 12.5 Å². The van der Waals surface area contributed by atoms with Gasteiger partial charge in [-0.1, -0.05) is 0 Å². The van der Waals surface area contributed by atoms with Crippen LogP contribution in [0.15, 0.2) is 24.3 Å². The number of likely N-dealkylation sites (N-methyl/N-ethyl adjacent to an activating group) is 1. The van der Waals surface area contributed by atoms with Gasteiger partial charge in [-0.2, -0.15) is 0 Å². The lowest BCUT2D eigenvalue weighted by Gasteiger charge is -2.35. The van der Waals surface area contributed by atoms with E-state index in [1.54, 1.807) is 12.0 Å². The Morgan fingerprint density at radius 3 is 2.32 bits per heavy atom. The largest absolute Gasteiger partial charge is 0.497 e. The standard InChI is InChI=1S/C15H21N3O4/c1-16-14(19)11-22-15(20)18-9-7-17(8-10-18)12-3-5-13(21-2)6-4-12/h3-6H,7-11H2,1-2H3,(H,16,19). The SMILES string of the molecule is CNC(=O)COC(=O)N1CCN(c2ccc(OC)cc2)CC1. The third-order valence-electron chi connectivity index (χ3n) is 3.58. The van der Waals surface area contributed by atoms with Gasteiger partial charge in [0.1, 0.15) is 5.75 Å². The number of carbonyl (C=O) groups excluding carboxylic acids is 2. The lowest BCUT2D eigenvalue weighted by atomic mass is 10.2. The second-order valence-corrected chi connectivity index (χ2v) is 4.90. The quantitative estimate of drug-likeness (QED) is 0.886. The summed E-state index contributed by atoms with van der Waals surface area (Å²) in [5.74, 6) is 0.505. The Morgan fingerprint density at radius 2 is 1.77 bits per heavy atom. The fourth-order valence-electron chi connectivity index (χ4n) is 2.23. The number of nitrogens with one attached hydrogen (secondary N) is 1. The van der Waals surface area contributed by atoms with Gasteiger partial charge in [0.05, 0.1) is 7.11 Å². The van der Waals surface area contributed by atoms with Crippen molar-refractivity contribution < 1.29 is 19.1 Å². The van der Waals surface area contributed by atoms with Gasteiger partial charge in [0.25, 0.3) is 5.91 Å². The molecule has 1 saturated heterocycles. The third-order valence-corrected chi connectivity index (χ3v) is 3.58. The molecule has 1 aromatic carbocycles. The molecule has 1 heterocycles. The average molecular weight is 307 g/mol. The zero-order valence-corrected chi connectivity index (χ0v) is 12.9. The highest BCUT2D eigenvalue weighted by molar-refractivity contribution is 5.79. The molecule has 2 amide bonds. The molecule has 0 radical (unpaired) electrons. The normalized spacial score (nSPS) is 14.5. The predicted octanol–water partition coefficient (Wildman–Crippen LogP) is 0.700. The topological polar surface area (TPSA) is 71.1 Å². The Bertz CT molecular complexity index is 510. The summed E-state index contributed by atoms with van der Waals surface area (Å²) in [6.07, 6.45) is -0.446. The van der Waals surface area contributed by atoms with Crippen molar-refractivity contribution in [3.63, 3.8) is 0 Å². The Morgan fingerprint density at radius 1 is 1.14 bits per heavy atom. The second-order valence-electron chi connectivity index (χ2n) is 4.90. The van der Waals surface area contributed by atoms with E-state index >= 15 is 0 Å². The second kappa shape index (κ2) is 7.53. The number of rotatable bonds is 4. The van der Waals surface area contributed by atoms with Crippen molar-refractivity contribution in [2.75, 3.05) is 51.8 Å². The van der Waals surface area contributed by atoms with E-state index in [0.29, 0.717) is 13.1 Å². The maximum atomic E-state index is 11.8. The van der Waals surface area contributed by atoms with Crippen LogP contribution in [0, 0.1) is 0 Å². The van der Waals surface area contributed by atoms with Crippen LogP contribution in [-0.4, -0.2) is 63.8 Å². The molecule has 0 bridgehead atoms. The first kappa shape index (κ1) is 15.9. The van der Waals surface area contributed by atoms with Gasteiger partial charge in [-0.05, 0) is 24.3 Å². The number of methoxy groups -OCH3 is 1. The molecule has 1 N–H and O–H groups in total. The zero-order valence-electron chi connectivity index (χ0n) is 12.9. The van der Waals surface area contributed by atoms with Crippen LogP contribution in [-0.2, 0) is 9.53 Å². The van der Waals surface area contributed by atoms with Crippen LogP contribution in [0.2, 0.25) is 0 Å². The number of anilines is 1. The smallest absolute Gasteiger partial charge is 0.410 e. The predicted molar refractivity (Wildman–Crippen MR) is 82.2 cm³/mol. The van der Waals surface area contributed by atoms with Crippen LogP contribution < -0.4 is 15.0 Å². The summed E-state index contributed by atoms with van der Waals surface area (Å²) < 4.78 is 10.1. The van der Waals surface area contributed by atoms with Crippen molar-refractivity contribution in [2.24, 2.45) is 0 Å². The van der Waals surface area contributed by atoms with Crippen molar-refractivity contribution >= 4 is 17.7 Å². The highest BCUT2D eigenvalue weighted by Gasteiger charge is 2.22. The van der Waals surface area contributed by atoms with Gasteiger partial charge in [-0.25, -0.2) is 4.79 Å². The van der Waals surface area contributed by atoms with Crippen molar-refractivity contribution in [1.29, 1.82) is 0 Å². The molecule has 1 aliphatic rings. The van der Waals surface area contributed by atoms with E-state index < -0.39 is 6.09 Å². The number of amides is 2. The van der Waals surface area contributed by atoms with Gasteiger partial charge >= 0.3 is 6.09 Å². The van der Waals surface area contributed by atoms with Crippen molar-refractivity contribution in [3.8, 4) is 5.75 Å². The van der Waals surface area contributed by atoms with E-state index in [9.17, 15) is 9.59 Å². The summed E-state index contributed by atoms with van der Waals surface area (Å²) in [6.45, 7) is 2.34. The fraction of sp³-hybridized carbons (Fsp3) is 0.467. The maximum Gasteiger partial charge on any atom is 0.410 e. The van der Waals surface area contributed by atoms with Crippen LogP contribution in [0.3, 0.4) is 0 Å².